The number of morpholine rings is 1. The van der Waals surface area contributed by atoms with Crippen LogP contribution in [0.4, 0.5) is 0 Å². The van der Waals surface area contributed by atoms with Crippen LogP contribution >= 0.6 is 24.0 Å². The number of ether oxygens (including phenoxy) is 3. The predicted molar refractivity (Wildman–Crippen MR) is 118 cm³/mol. The molecule has 2 fully saturated rings. The molecule has 0 radical (unpaired) electrons. The number of methoxy groups -OCH3 is 1. The molecule has 3 unspecified atom stereocenters. The highest BCUT2D eigenvalue weighted by Crippen LogP contribution is 2.25. The van der Waals surface area contributed by atoms with Gasteiger partial charge in [-0.1, -0.05) is 25.1 Å². The molecular formula is C20H32IN3O3. The first kappa shape index (κ1) is 22.2. The van der Waals surface area contributed by atoms with E-state index in [1.54, 1.807) is 7.11 Å². The Bertz CT molecular complexity index is 608. The van der Waals surface area contributed by atoms with Crippen molar-refractivity contribution in [1.29, 1.82) is 0 Å². The van der Waals surface area contributed by atoms with Crippen molar-refractivity contribution in [1.82, 2.24) is 10.2 Å². The molecule has 6 nitrogen and oxygen atoms in total. The van der Waals surface area contributed by atoms with E-state index in [2.05, 4.69) is 34.3 Å². The van der Waals surface area contributed by atoms with E-state index in [1.165, 1.54) is 5.56 Å². The monoisotopic (exact) mass is 489 g/mol. The number of nitrogens with zero attached hydrogens (tertiary/aromatic N) is 2. The molecule has 1 aromatic rings. The zero-order valence-corrected chi connectivity index (χ0v) is 18.8. The van der Waals surface area contributed by atoms with Gasteiger partial charge in [0.1, 0.15) is 11.9 Å². The van der Waals surface area contributed by atoms with E-state index < -0.39 is 0 Å². The quantitative estimate of drug-likeness (QED) is 0.392. The molecule has 0 bridgehead atoms. The first-order valence-electron chi connectivity index (χ1n) is 9.54. The summed E-state index contributed by atoms with van der Waals surface area (Å²) in [5.74, 6) is 2.18. The molecule has 2 heterocycles. The van der Waals surface area contributed by atoms with E-state index in [9.17, 15) is 0 Å². The highest BCUT2D eigenvalue weighted by Gasteiger charge is 2.32. The lowest BCUT2D eigenvalue weighted by molar-refractivity contribution is -0.0817. The zero-order chi connectivity index (χ0) is 18.4. The summed E-state index contributed by atoms with van der Waals surface area (Å²) in [5, 5.41) is 3.52. The molecule has 0 amide bonds. The molecule has 0 spiro atoms. The topological polar surface area (TPSA) is 55.3 Å². The Balaban J connectivity index is 0.00000261. The number of hydrogen-bond donors (Lipinski definition) is 1. The van der Waals surface area contributed by atoms with Crippen LogP contribution in [0.1, 0.15) is 31.2 Å². The van der Waals surface area contributed by atoms with Gasteiger partial charge in [0.05, 0.1) is 19.8 Å². The molecule has 1 aromatic carbocycles. The van der Waals surface area contributed by atoms with Gasteiger partial charge >= 0.3 is 0 Å². The number of rotatable bonds is 5. The van der Waals surface area contributed by atoms with Gasteiger partial charge < -0.3 is 24.4 Å². The second-order valence-electron chi connectivity index (χ2n) is 6.98. The molecule has 2 aliphatic rings. The average molecular weight is 489 g/mol. The van der Waals surface area contributed by atoms with Gasteiger partial charge in [-0.05, 0) is 24.5 Å². The average Bonchev–Trinajstić information content (AvgIpc) is 3.23. The van der Waals surface area contributed by atoms with Crippen LogP contribution < -0.4 is 10.1 Å². The van der Waals surface area contributed by atoms with Gasteiger partial charge in [-0.15, -0.1) is 24.0 Å². The first-order chi connectivity index (χ1) is 12.7. The number of aliphatic imine (C=N–C) groups is 1. The molecule has 0 aromatic heterocycles. The van der Waals surface area contributed by atoms with Crippen LogP contribution in [0.15, 0.2) is 29.3 Å². The van der Waals surface area contributed by atoms with Gasteiger partial charge in [0.25, 0.3) is 0 Å². The maximum atomic E-state index is 5.95. The van der Waals surface area contributed by atoms with Gasteiger partial charge in [-0.2, -0.15) is 0 Å². The second-order valence-corrected chi connectivity index (χ2v) is 6.98. The Morgan fingerprint density at radius 2 is 2.07 bits per heavy atom. The van der Waals surface area contributed by atoms with Crippen molar-refractivity contribution < 1.29 is 14.2 Å². The van der Waals surface area contributed by atoms with Crippen molar-refractivity contribution in [2.75, 3.05) is 47.0 Å². The lowest BCUT2D eigenvalue weighted by Gasteiger charge is -2.37. The number of guanidine groups is 1. The van der Waals surface area contributed by atoms with E-state index >= 15 is 0 Å². The predicted octanol–water partition coefficient (Wildman–Crippen LogP) is 2.87. The Labute approximate surface area is 179 Å². The summed E-state index contributed by atoms with van der Waals surface area (Å²) >= 11 is 0. The second kappa shape index (κ2) is 11.1. The van der Waals surface area contributed by atoms with E-state index in [4.69, 9.17) is 14.2 Å². The molecule has 0 aliphatic carbocycles. The first-order valence-corrected chi connectivity index (χ1v) is 9.54. The molecule has 2 saturated heterocycles. The number of hydrogen-bond acceptors (Lipinski definition) is 4. The fourth-order valence-electron chi connectivity index (χ4n) is 3.75. The minimum absolute atomic E-state index is 0. The molecule has 1 N–H and O–H groups in total. The summed E-state index contributed by atoms with van der Waals surface area (Å²) in [6.07, 6.45) is 2.59. The van der Waals surface area contributed by atoms with Crippen LogP contribution in [0.5, 0.6) is 5.75 Å². The summed E-state index contributed by atoms with van der Waals surface area (Å²) in [5.41, 5.74) is 1.21. The largest absolute Gasteiger partial charge is 0.496 e. The summed E-state index contributed by atoms with van der Waals surface area (Å²) in [7, 11) is 3.56. The maximum absolute atomic E-state index is 5.95. The van der Waals surface area contributed by atoms with Gasteiger partial charge in [0, 0.05) is 39.2 Å². The van der Waals surface area contributed by atoms with Crippen LogP contribution in [-0.4, -0.2) is 70.1 Å². The molecular weight excluding hydrogens is 457 g/mol. The van der Waals surface area contributed by atoms with Crippen molar-refractivity contribution in [3.05, 3.63) is 29.8 Å². The summed E-state index contributed by atoms with van der Waals surface area (Å²) in [6, 6.07) is 8.18. The number of para-hydroxylation sites is 1. The zero-order valence-electron chi connectivity index (χ0n) is 16.5. The van der Waals surface area contributed by atoms with E-state index in [-0.39, 0.29) is 36.2 Å². The van der Waals surface area contributed by atoms with Crippen molar-refractivity contribution in [2.24, 2.45) is 4.99 Å². The fourth-order valence-corrected chi connectivity index (χ4v) is 3.75. The number of nitrogens with one attached hydrogen (secondary N) is 1. The molecule has 7 heteroatoms. The van der Waals surface area contributed by atoms with Crippen molar-refractivity contribution in [3.63, 3.8) is 0 Å². The van der Waals surface area contributed by atoms with Gasteiger partial charge in [-0.25, -0.2) is 0 Å². The van der Waals surface area contributed by atoms with Crippen LogP contribution in [0.3, 0.4) is 0 Å². The van der Waals surface area contributed by atoms with Crippen LogP contribution in [0.2, 0.25) is 0 Å². The van der Waals surface area contributed by atoms with E-state index in [0.717, 1.165) is 50.8 Å². The molecule has 27 heavy (non-hydrogen) atoms. The van der Waals surface area contributed by atoms with E-state index in [1.807, 2.05) is 19.2 Å². The Hall–Kier alpha value is -1.06. The normalized spacial score (nSPS) is 24.3. The number of benzene rings is 1. The van der Waals surface area contributed by atoms with Crippen molar-refractivity contribution in [2.45, 2.75) is 37.9 Å². The molecule has 3 atom stereocenters. The van der Waals surface area contributed by atoms with Crippen LogP contribution in [0, 0.1) is 0 Å². The third kappa shape index (κ3) is 5.71. The summed E-state index contributed by atoms with van der Waals surface area (Å²) in [6.45, 7) is 6.25. The highest BCUT2D eigenvalue weighted by atomic mass is 127. The molecule has 2 aliphatic heterocycles. The van der Waals surface area contributed by atoms with E-state index in [0.29, 0.717) is 12.5 Å². The van der Waals surface area contributed by atoms with Crippen LogP contribution in [-0.2, 0) is 9.47 Å². The van der Waals surface area contributed by atoms with Crippen LogP contribution in [0.25, 0.3) is 0 Å². The van der Waals surface area contributed by atoms with Gasteiger partial charge in [0.15, 0.2) is 5.96 Å². The third-order valence-electron chi connectivity index (χ3n) is 5.22. The highest BCUT2D eigenvalue weighted by molar-refractivity contribution is 14.0. The van der Waals surface area contributed by atoms with Crippen molar-refractivity contribution >= 4 is 29.9 Å². The smallest absolute Gasteiger partial charge is 0.193 e. The van der Waals surface area contributed by atoms with Gasteiger partial charge in [-0.3, -0.25) is 4.99 Å². The Kier molecular flexibility index (Phi) is 9.11. The Morgan fingerprint density at radius 3 is 2.78 bits per heavy atom. The minimum Gasteiger partial charge on any atom is -0.496 e. The lowest BCUT2D eigenvalue weighted by atomic mass is 10.00. The SMILES string of the molecule is CN=C(NCC(C)c1ccccc1OC)N1CCOC(C2CCCO2)C1.I. The summed E-state index contributed by atoms with van der Waals surface area (Å²) < 4.78 is 17.2. The molecule has 3 rings (SSSR count). The Morgan fingerprint density at radius 1 is 1.30 bits per heavy atom. The molecule has 152 valence electrons. The minimum atomic E-state index is 0. The summed E-state index contributed by atoms with van der Waals surface area (Å²) in [4.78, 5) is 6.77. The van der Waals surface area contributed by atoms with Gasteiger partial charge in [0.2, 0.25) is 0 Å². The molecule has 0 saturated carbocycles. The standard InChI is InChI=1S/C20H31N3O3.HI/c1-15(16-7-4-5-8-17(16)24-3)13-22-20(21-2)23-10-12-26-19(14-23)18-9-6-11-25-18;/h4-5,7-8,15,18-19H,6,9-14H2,1-3H3,(H,21,22);1H. The maximum Gasteiger partial charge on any atom is 0.193 e. The third-order valence-corrected chi connectivity index (χ3v) is 5.22. The van der Waals surface area contributed by atoms with Crippen molar-refractivity contribution in [3.8, 4) is 5.75 Å². The number of halogens is 1. The lowest BCUT2D eigenvalue weighted by Crippen LogP contribution is -2.53. The fraction of sp³-hybridized carbons (Fsp3) is 0.650.